The highest BCUT2D eigenvalue weighted by Gasteiger charge is 2.04. The largest absolute Gasteiger partial charge is 0.497 e. The van der Waals surface area contributed by atoms with Gasteiger partial charge in [-0.05, 0) is 29.8 Å². The molecule has 0 saturated heterocycles. The molecule has 1 heterocycles. The van der Waals surface area contributed by atoms with Crippen LogP contribution < -0.4 is 9.54 Å². The first-order chi connectivity index (χ1) is 10.7. The number of halogens is 1. The average Bonchev–Trinajstić information content (AvgIpc) is 2.89. The van der Waals surface area contributed by atoms with Crippen molar-refractivity contribution in [3.8, 4) is 17.0 Å². The van der Waals surface area contributed by atoms with Gasteiger partial charge in [0.25, 0.3) is 0 Å². The molecular formula is C17H15BrN2OS. The molecule has 0 atom stereocenters. The molecule has 112 valence electrons. The Balaban J connectivity index is 2.02. The molecule has 0 aliphatic heterocycles. The van der Waals surface area contributed by atoms with Gasteiger partial charge in [0.05, 0.1) is 18.5 Å². The Kier molecular flexibility index (Phi) is 4.45. The van der Waals surface area contributed by atoms with E-state index in [1.807, 2.05) is 43.4 Å². The zero-order valence-electron chi connectivity index (χ0n) is 12.3. The van der Waals surface area contributed by atoms with E-state index in [1.54, 1.807) is 18.4 Å². The quantitative estimate of drug-likeness (QED) is 0.649. The van der Waals surface area contributed by atoms with Crippen LogP contribution >= 0.6 is 27.3 Å². The summed E-state index contributed by atoms with van der Waals surface area (Å²) in [5, 5.41) is 2.13. The number of hydrogen-bond donors (Lipinski definition) is 0. The van der Waals surface area contributed by atoms with Crippen molar-refractivity contribution in [2.24, 2.45) is 12.0 Å². The lowest BCUT2D eigenvalue weighted by molar-refractivity contribution is 0.415. The smallest absolute Gasteiger partial charge is 0.190 e. The van der Waals surface area contributed by atoms with E-state index >= 15 is 0 Å². The highest BCUT2D eigenvalue weighted by atomic mass is 79.9. The second kappa shape index (κ2) is 6.50. The van der Waals surface area contributed by atoms with E-state index in [9.17, 15) is 0 Å². The van der Waals surface area contributed by atoms with Gasteiger partial charge in [0, 0.05) is 23.0 Å². The van der Waals surface area contributed by atoms with Gasteiger partial charge in [0.2, 0.25) is 0 Å². The van der Waals surface area contributed by atoms with Crippen LogP contribution in [0.25, 0.3) is 11.3 Å². The molecule has 1 aromatic heterocycles. The van der Waals surface area contributed by atoms with Gasteiger partial charge < -0.3 is 9.30 Å². The summed E-state index contributed by atoms with van der Waals surface area (Å²) < 4.78 is 8.42. The summed E-state index contributed by atoms with van der Waals surface area (Å²) in [5.74, 6) is 0.814. The molecule has 0 saturated carbocycles. The molecule has 0 bridgehead atoms. The van der Waals surface area contributed by atoms with Crippen LogP contribution in [0.5, 0.6) is 5.75 Å². The molecule has 0 aliphatic carbocycles. The number of nitrogens with zero attached hydrogens (tertiary/aromatic N) is 2. The number of hydrogen-bond acceptors (Lipinski definition) is 3. The van der Waals surface area contributed by atoms with Crippen molar-refractivity contribution >= 4 is 33.0 Å². The van der Waals surface area contributed by atoms with Crippen molar-refractivity contribution in [3.05, 3.63) is 63.2 Å². The molecule has 0 amide bonds. The maximum Gasteiger partial charge on any atom is 0.190 e. The zero-order chi connectivity index (χ0) is 15.5. The number of ether oxygens (including phenoxy) is 1. The first-order valence-corrected chi connectivity index (χ1v) is 8.44. The van der Waals surface area contributed by atoms with Crippen LogP contribution in [-0.4, -0.2) is 11.7 Å². The third kappa shape index (κ3) is 3.15. The fourth-order valence-corrected chi connectivity index (χ4v) is 3.33. The third-order valence-electron chi connectivity index (χ3n) is 3.34. The average molecular weight is 375 g/mol. The fraction of sp³-hybridized carbons (Fsp3) is 0.118. The molecule has 3 nitrogen and oxygen atoms in total. The van der Waals surface area contributed by atoms with E-state index in [2.05, 4.69) is 38.0 Å². The number of aromatic nitrogens is 1. The van der Waals surface area contributed by atoms with Gasteiger partial charge in [-0.2, -0.15) is 0 Å². The Morgan fingerprint density at radius 3 is 2.64 bits per heavy atom. The SMILES string of the molecule is COc1cccc(N=c2scc(-c3ccc(Br)cc3)n2C)c1. The van der Waals surface area contributed by atoms with Crippen molar-refractivity contribution < 1.29 is 4.74 Å². The zero-order valence-corrected chi connectivity index (χ0v) is 14.7. The standard InChI is InChI=1S/C17H15BrN2OS/c1-20-16(12-6-8-13(18)9-7-12)11-22-17(20)19-14-4-3-5-15(10-14)21-2/h3-11H,1-2H3. The van der Waals surface area contributed by atoms with Crippen LogP contribution in [0.15, 0.2) is 63.4 Å². The maximum absolute atomic E-state index is 5.24. The minimum Gasteiger partial charge on any atom is -0.497 e. The van der Waals surface area contributed by atoms with E-state index < -0.39 is 0 Å². The minimum atomic E-state index is 0.814. The van der Waals surface area contributed by atoms with Crippen molar-refractivity contribution in [2.75, 3.05) is 7.11 Å². The monoisotopic (exact) mass is 374 g/mol. The molecule has 5 heteroatoms. The van der Waals surface area contributed by atoms with Crippen LogP contribution in [-0.2, 0) is 7.05 Å². The van der Waals surface area contributed by atoms with Crippen molar-refractivity contribution in [1.29, 1.82) is 0 Å². The summed E-state index contributed by atoms with van der Waals surface area (Å²) in [6.07, 6.45) is 0. The predicted molar refractivity (Wildman–Crippen MR) is 94.6 cm³/mol. The van der Waals surface area contributed by atoms with Crippen LogP contribution in [0.2, 0.25) is 0 Å². The first-order valence-electron chi connectivity index (χ1n) is 6.76. The van der Waals surface area contributed by atoms with E-state index in [0.717, 1.165) is 26.4 Å². The maximum atomic E-state index is 5.24. The van der Waals surface area contributed by atoms with Crippen LogP contribution in [0.3, 0.4) is 0 Å². The molecule has 0 radical (unpaired) electrons. The second-order valence-electron chi connectivity index (χ2n) is 4.78. The Morgan fingerprint density at radius 1 is 1.14 bits per heavy atom. The van der Waals surface area contributed by atoms with Gasteiger partial charge >= 0.3 is 0 Å². The van der Waals surface area contributed by atoms with Gasteiger partial charge in [0.1, 0.15) is 5.75 Å². The van der Waals surface area contributed by atoms with E-state index in [-0.39, 0.29) is 0 Å². The van der Waals surface area contributed by atoms with Crippen molar-refractivity contribution in [3.63, 3.8) is 0 Å². The third-order valence-corrected chi connectivity index (χ3v) is 4.79. The molecule has 22 heavy (non-hydrogen) atoms. The van der Waals surface area contributed by atoms with Gasteiger partial charge in [0.15, 0.2) is 4.80 Å². The fourth-order valence-electron chi connectivity index (χ4n) is 2.14. The van der Waals surface area contributed by atoms with E-state index in [1.165, 1.54) is 5.56 Å². The number of rotatable bonds is 3. The summed E-state index contributed by atoms with van der Waals surface area (Å²) in [4.78, 5) is 5.66. The lowest BCUT2D eigenvalue weighted by atomic mass is 10.2. The highest BCUT2D eigenvalue weighted by molar-refractivity contribution is 9.10. The van der Waals surface area contributed by atoms with Gasteiger partial charge in [-0.1, -0.05) is 34.1 Å². The molecule has 3 rings (SSSR count). The summed E-state index contributed by atoms with van der Waals surface area (Å²) in [6, 6.07) is 16.1. The van der Waals surface area contributed by atoms with Crippen molar-refractivity contribution in [2.45, 2.75) is 0 Å². The second-order valence-corrected chi connectivity index (χ2v) is 6.53. The van der Waals surface area contributed by atoms with E-state index in [0.29, 0.717) is 0 Å². The number of thiazole rings is 1. The minimum absolute atomic E-state index is 0.814. The van der Waals surface area contributed by atoms with Crippen LogP contribution in [0, 0.1) is 0 Å². The Hall–Kier alpha value is -1.85. The molecule has 2 aromatic carbocycles. The van der Waals surface area contributed by atoms with Crippen LogP contribution in [0.4, 0.5) is 5.69 Å². The van der Waals surface area contributed by atoms with Crippen LogP contribution in [0.1, 0.15) is 0 Å². The van der Waals surface area contributed by atoms with Crippen molar-refractivity contribution in [1.82, 2.24) is 4.57 Å². The molecule has 0 fully saturated rings. The Morgan fingerprint density at radius 2 is 1.91 bits per heavy atom. The normalized spacial score (nSPS) is 11.7. The summed E-state index contributed by atoms with van der Waals surface area (Å²) in [7, 11) is 3.70. The highest BCUT2D eigenvalue weighted by Crippen LogP contribution is 2.23. The molecule has 0 N–H and O–H groups in total. The van der Waals surface area contributed by atoms with Gasteiger partial charge in [-0.15, -0.1) is 11.3 Å². The molecule has 0 aliphatic rings. The lowest BCUT2D eigenvalue weighted by Gasteiger charge is -2.03. The summed E-state index contributed by atoms with van der Waals surface area (Å²) >= 11 is 5.09. The summed E-state index contributed by atoms with van der Waals surface area (Å²) in [6.45, 7) is 0. The summed E-state index contributed by atoms with van der Waals surface area (Å²) in [5.41, 5.74) is 3.22. The number of methoxy groups -OCH3 is 1. The molecule has 0 unspecified atom stereocenters. The lowest BCUT2D eigenvalue weighted by Crippen LogP contribution is -2.10. The predicted octanol–water partition coefficient (Wildman–Crippen LogP) is 4.76. The topological polar surface area (TPSA) is 26.5 Å². The Bertz CT molecular complexity index is 850. The first kappa shape index (κ1) is 15.1. The molecular weight excluding hydrogens is 360 g/mol. The molecule has 3 aromatic rings. The van der Waals surface area contributed by atoms with E-state index in [4.69, 9.17) is 9.73 Å². The van der Waals surface area contributed by atoms with Gasteiger partial charge in [-0.3, -0.25) is 0 Å². The van der Waals surface area contributed by atoms with Gasteiger partial charge in [-0.25, -0.2) is 4.99 Å². The number of benzene rings is 2. The Labute approximate surface area is 141 Å². The molecule has 0 spiro atoms.